The number of ether oxygens (including phenoxy) is 1. The number of fused-ring (bicyclic) bond motifs is 3. The molecular formula is C27H30N2O5. The van der Waals surface area contributed by atoms with Gasteiger partial charge in [-0.1, -0.05) is 55.5 Å². The van der Waals surface area contributed by atoms with E-state index in [1.54, 1.807) is 4.90 Å². The number of amides is 2. The minimum atomic E-state index is -0.823. The predicted octanol–water partition coefficient (Wildman–Crippen LogP) is 4.02. The molecule has 2 aromatic carbocycles. The average Bonchev–Trinajstić information content (AvgIpc) is 3.38. The summed E-state index contributed by atoms with van der Waals surface area (Å²) in [6.45, 7) is 2.90. The van der Waals surface area contributed by atoms with Crippen LogP contribution >= 0.6 is 0 Å². The molecule has 2 atom stereocenters. The molecule has 1 saturated carbocycles. The van der Waals surface area contributed by atoms with Gasteiger partial charge in [0, 0.05) is 36.9 Å². The molecule has 1 aliphatic heterocycles. The normalized spacial score (nSPS) is 20.5. The Hall–Kier alpha value is -3.35. The van der Waals surface area contributed by atoms with Gasteiger partial charge in [0.2, 0.25) is 5.91 Å². The molecule has 1 unspecified atom stereocenters. The van der Waals surface area contributed by atoms with Gasteiger partial charge in [-0.15, -0.1) is 0 Å². The first-order valence-electron chi connectivity index (χ1n) is 12.0. The van der Waals surface area contributed by atoms with Crippen LogP contribution in [0.25, 0.3) is 11.1 Å². The van der Waals surface area contributed by atoms with Gasteiger partial charge in [-0.2, -0.15) is 0 Å². The maximum absolute atomic E-state index is 12.9. The molecule has 3 aliphatic rings. The van der Waals surface area contributed by atoms with Crippen LogP contribution in [0.15, 0.2) is 48.5 Å². The number of carboxylic acids is 1. The first kappa shape index (κ1) is 22.4. The number of benzene rings is 2. The van der Waals surface area contributed by atoms with Gasteiger partial charge in [0.05, 0.1) is 5.92 Å². The molecule has 2 amide bonds. The molecule has 5 rings (SSSR count). The summed E-state index contributed by atoms with van der Waals surface area (Å²) in [5.41, 5.74) is 4.40. The number of alkyl carbamates (subject to hydrolysis) is 1. The van der Waals surface area contributed by atoms with Crippen molar-refractivity contribution in [1.82, 2.24) is 10.2 Å². The SMILES string of the molecule is CC[C@@H](CC(=O)N1CC(C(=O)O)C2(CC2)C1)NC(=O)OCC1c2ccccc2-c2ccccc21. The van der Waals surface area contributed by atoms with Crippen molar-refractivity contribution in [2.75, 3.05) is 19.7 Å². The summed E-state index contributed by atoms with van der Waals surface area (Å²) >= 11 is 0. The minimum absolute atomic E-state index is 0.0212. The Balaban J connectivity index is 1.17. The first-order chi connectivity index (χ1) is 16.4. The molecule has 34 heavy (non-hydrogen) atoms. The first-order valence-corrected chi connectivity index (χ1v) is 12.0. The van der Waals surface area contributed by atoms with Gasteiger partial charge in [-0.05, 0) is 41.5 Å². The quantitative estimate of drug-likeness (QED) is 0.648. The number of hydrogen-bond acceptors (Lipinski definition) is 4. The van der Waals surface area contributed by atoms with Crippen molar-refractivity contribution in [2.45, 2.75) is 44.6 Å². The van der Waals surface area contributed by atoms with Crippen LogP contribution < -0.4 is 5.32 Å². The van der Waals surface area contributed by atoms with Crippen LogP contribution in [0.2, 0.25) is 0 Å². The molecule has 0 radical (unpaired) electrons. The molecule has 2 fully saturated rings. The van der Waals surface area contributed by atoms with Crippen LogP contribution in [0.4, 0.5) is 4.79 Å². The van der Waals surface area contributed by atoms with Crippen LogP contribution in [-0.4, -0.2) is 53.7 Å². The lowest BCUT2D eigenvalue weighted by atomic mass is 9.93. The molecule has 0 bridgehead atoms. The van der Waals surface area contributed by atoms with E-state index in [4.69, 9.17) is 4.74 Å². The average molecular weight is 463 g/mol. The smallest absolute Gasteiger partial charge is 0.407 e. The molecule has 178 valence electrons. The van der Waals surface area contributed by atoms with Gasteiger partial charge in [0.1, 0.15) is 6.61 Å². The van der Waals surface area contributed by atoms with Crippen LogP contribution in [0.5, 0.6) is 0 Å². The number of likely N-dealkylation sites (tertiary alicyclic amines) is 1. The number of rotatable bonds is 7. The number of carbonyl (C=O) groups is 3. The number of nitrogens with zero attached hydrogens (tertiary/aromatic N) is 1. The minimum Gasteiger partial charge on any atom is -0.481 e. The van der Waals surface area contributed by atoms with E-state index in [-0.39, 0.29) is 42.9 Å². The van der Waals surface area contributed by atoms with Gasteiger partial charge in [-0.3, -0.25) is 9.59 Å². The van der Waals surface area contributed by atoms with E-state index in [9.17, 15) is 19.5 Å². The number of carbonyl (C=O) groups excluding carboxylic acids is 2. The Morgan fingerprint density at radius 1 is 1.09 bits per heavy atom. The number of hydrogen-bond donors (Lipinski definition) is 2. The van der Waals surface area contributed by atoms with Gasteiger partial charge in [0.25, 0.3) is 0 Å². The lowest BCUT2D eigenvalue weighted by Crippen LogP contribution is -2.40. The molecule has 1 spiro atoms. The zero-order chi connectivity index (χ0) is 23.9. The number of nitrogens with one attached hydrogen (secondary N) is 1. The fourth-order valence-electron chi connectivity index (χ4n) is 5.61. The highest BCUT2D eigenvalue weighted by Gasteiger charge is 2.58. The Labute approximate surface area is 199 Å². The molecule has 7 heteroatoms. The van der Waals surface area contributed by atoms with Crippen molar-refractivity contribution in [3.05, 3.63) is 59.7 Å². The maximum Gasteiger partial charge on any atom is 0.407 e. The summed E-state index contributed by atoms with van der Waals surface area (Å²) in [5, 5.41) is 12.3. The van der Waals surface area contributed by atoms with Crippen LogP contribution in [0.3, 0.4) is 0 Å². The highest BCUT2D eigenvalue weighted by molar-refractivity contribution is 5.81. The molecule has 2 N–H and O–H groups in total. The van der Waals surface area contributed by atoms with Crippen molar-refractivity contribution in [3.63, 3.8) is 0 Å². The van der Waals surface area contributed by atoms with E-state index < -0.39 is 18.0 Å². The third-order valence-electron chi connectivity index (χ3n) is 7.77. The molecule has 2 aliphatic carbocycles. The van der Waals surface area contributed by atoms with Crippen LogP contribution in [-0.2, 0) is 14.3 Å². The van der Waals surface area contributed by atoms with Gasteiger partial charge in [0.15, 0.2) is 0 Å². The van der Waals surface area contributed by atoms with E-state index in [0.29, 0.717) is 13.0 Å². The lowest BCUT2D eigenvalue weighted by molar-refractivity contribution is -0.143. The van der Waals surface area contributed by atoms with Crippen LogP contribution in [0, 0.1) is 11.3 Å². The second kappa shape index (κ2) is 8.78. The van der Waals surface area contributed by atoms with E-state index in [0.717, 1.165) is 24.0 Å². The van der Waals surface area contributed by atoms with Gasteiger partial charge < -0.3 is 20.1 Å². The van der Waals surface area contributed by atoms with Crippen molar-refractivity contribution < 1.29 is 24.2 Å². The standard InChI is InChI=1S/C27H30N2O5/c1-2-17(13-24(30)29-14-23(25(31)32)27(16-29)11-12-27)28-26(33)34-15-22-20-9-5-3-7-18(20)19-8-4-6-10-21(19)22/h3-10,17,22-23H,2,11-16H2,1H3,(H,28,33)(H,31,32)/t17-,23?/m0/s1. The topological polar surface area (TPSA) is 95.9 Å². The second-order valence-corrected chi connectivity index (χ2v) is 9.81. The van der Waals surface area contributed by atoms with E-state index in [2.05, 4.69) is 29.6 Å². The molecule has 1 heterocycles. The summed E-state index contributed by atoms with van der Waals surface area (Å²) in [6.07, 6.45) is 1.91. The summed E-state index contributed by atoms with van der Waals surface area (Å²) in [4.78, 5) is 38.7. The summed E-state index contributed by atoms with van der Waals surface area (Å²) in [6, 6.07) is 16.0. The van der Waals surface area contributed by atoms with E-state index >= 15 is 0 Å². The largest absolute Gasteiger partial charge is 0.481 e. The van der Waals surface area contributed by atoms with Crippen molar-refractivity contribution >= 4 is 18.0 Å². The van der Waals surface area contributed by atoms with Gasteiger partial charge in [-0.25, -0.2) is 4.79 Å². The van der Waals surface area contributed by atoms with Gasteiger partial charge >= 0.3 is 12.1 Å². The number of carboxylic acid groups (broad SMARTS) is 1. The fourth-order valence-corrected chi connectivity index (χ4v) is 5.61. The monoisotopic (exact) mass is 462 g/mol. The highest BCUT2D eigenvalue weighted by Crippen LogP contribution is 2.56. The molecule has 1 saturated heterocycles. The number of aliphatic carboxylic acids is 1. The molecule has 7 nitrogen and oxygen atoms in total. The summed E-state index contributed by atoms with van der Waals surface area (Å²) in [7, 11) is 0. The lowest BCUT2D eigenvalue weighted by Gasteiger charge is -2.22. The van der Waals surface area contributed by atoms with Crippen molar-refractivity contribution in [3.8, 4) is 11.1 Å². The Bertz CT molecular complexity index is 1080. The second-order valence-electron chi connectivity index (χ2n) is 9.81. The molecule has 0 aromatic heterocycles. The third kappa shape index (κ3) is 4.04. The fraction of sp³-hybridized carbons (Fsp3) is 0.444. The zero-order valence-electron chi connectivity index (χ0n) is 19.3. The van der Waals surface area contributed by atoms with Crippen molar-refractivity contribution in [1.29, 1.82) is 0 Å². The predicted molar refractivity (Wildman–Crippen MR) is 126 cm³/mol. The van der Waals surface area contributed by atoms with E-state index in [1.165, 1.54) is 11.1 Å². The Morgan fingerprint density at radius 2 is 1.71 bits per heavy atom. The Kier molecular flexibility index (Phi) is 5.80. The summed E-state index contributed by atoms with van der Waals surface area (Å²) < 4.78 is 5.62. The summed E-state index contributed by atoms with van der Waals surface area (Å²) in [5.74, 6) is -1.43. The van der Waals surface area contributed by atoms with Crippen LogP contribution in [0.1, 0.15) is 49.7 Å². The molecule has 2 aromatic rings. The zero-order valence-corrected chi connectivity index (χ0v) is 19.3. The third-order valence-corrected chi connectivity index (χ3v) is 7.77. The molecular weight excluding hydrogens is 432 g/mol. The van der Waals surface area contributed by atoms with Crippen molar-refractivity contribution in [2.24, 2.45) is 11.3 Å². The Morgan fingerprint density at radius 3 is 2.24 bits per heavy atom. The van der Waals surface area contributed by atoms with E-state index in [1.807, 2.05) is 31.2 Å². The maximum atomic E-state index is 12.9. The highest BCUT2D eigenvalue weighted by atomic mass is 16.5.